The molecular formula is C16H20N2O5. The lowest BCUT2D eigenvalue weighted by Crippen LogP contribution is -2.58. The summed E-state index contributed by atoms with van der Waals surface area (Å²) >= 11 is 0. The Labute approximate surface area is 134 Å². The van der Waals surface area contributed by atoms with Gasteiger partial charge < -0.3 is 20.1 Å². The lowest BCUT2D eigenvalue weighted by Gasteiger charge is -2.34. The molecule has 2 amide bonds. The Balaban J connectivity index is 1.95. The molecule has 0 radical (unpaired) electrons. The number of aliphatic hydroxyl groups excluding tert-OH is 1. The molecule has 1 saturated heterocycles. The molecule has 2 N–H and O–H groups in total. The summed E-state index contributed by atoms with van der Waals surface area (Å²) in [5, 5.41) is 11.7. The van der Waals surface area contributed by atoms with Gasteiger partial charge in [0.15, 0.2) is 12.4 Å². The topological polar surface area (TPSA) is 95.9 Å². The van der Waals surface area contributed by atoms with Crippen LogP contribution in [0.25, 0.3) is 0 Å². The smallest absolute Gasteiger partial charge is 0.261 e. The number of nitrogens with zero attached hydrogens (tertiary/aromatic N) is 1. The van der Waals surface area contributed by atoms with Crippen LogP contribution in [0.5, 0.6) is 5.75 Å². The van der Waals surface area contributed by atoms with Crippen molar-refractivity contribution < 1.29 is 24.2 Å². The average molecular weight is 320 g/mol. The van der Waals surface area contributed by atoms with Crippen LogP contribution in [0, 0.1) is 0 Å². The molecule has 2 rings (SSSR count). The monoisotopic (exact) mass is 320 g/mol. The van der Waals surface area contributed by atoms with Crippen LogP contribution in [0.2, 0.25) is 0 Å². The SMILES string of the molecule is CC(=O)c1ccc(OCC(=O)N2CCNC(=O)[C@@H]2CCO)cc1. The molecule has 1 aliphatic rings. The van der Waals surface area contributed by atoms with Crippen molar-refractivity contribution >= 4 is 17.6 Å². The summed E-state index contributed by atoms with van der Waals surface area (Å²) in [5.74, 6) is -0.138. The lowest BCUT2D eigenvalue weighted by atomic mass is 10.1. The van der Waals surface area contributed by atoms with Gasteiger partial charge in [-0.2, -0.15) is 0 Å². The molecule has 0 bridgehead atoms. The molecule has 1 aliphatic heterocycles. The van der Waals surface area contributed by atoms with Gasteiger partial charge in [0.05, 0.1) is 0 Å². The number of carbonyl (C=O) groups is 3. The molecular weight excluding hydrogens is 300 g/mol. The summed E-state index contributed by atoms with van der Waals surface area (Å²) in [4.78, 5) is 36.7. The molecule has 0 aromatic heterocycles. The van der Waals surface area contributed by atoms with Crippen LogP contribution in [0.1, 0.15) is 23.7 Å². The minimum atomic E-state index is -0.662. The van der Waals surface area contributed by atoms with E-state index in [2.05, 4.69) is 5.32 Å². The summed E-state index contributed by atoms with van der Waals surface area (Å²) in [7, 11) is 0. The van der Waals surface area contributed by atoms with Crippen molar-refractivity contribution in [3.8, 4) is 5.75 Å². The van der Waals surface area contributed by atoms with Crippen molar-refractivity contribution in [2.24, 2.45) is 0 Å². The van der Waals surface area contributed by atoms with Gasteiger partial charge in [0.1, 0.15) is 11.8 Å². The number of benzene rings is 1. The van der Waals surface area contributed by atoms with Gasteiger partial charge in [-0.3, -0.25) is 14.4 Å². The van der Waals surface area contributed by atoms with Crippen molar-refractivity contribution in [3.63, 3.8) is 0 Å². The number of aliphatic hydroxyl groups is 1. The van der Waals surface area contributed by atoms with Gasteiger partial charge in [0, 0.05) is 25.3 Å². The van der Waals surface area contributed by atoms with E-state index in [1.807, 2.05) is 0 Å². The highest BCUT2D eigenvalue weighted by atomic mass is 16.5. The first-order valence-corrected chi connectivity index (χ1v) is 7.44. The third kappa shape index (κ3) is 4.29. The maximum atomic E-state index is 12.3. The molecule has 7 heteroatoms. The summed E-state index contributed by atoms with van der Waals surface area (Å²) in [6, 6.07) is 5.84. The lowest BCUT2D eigenvalue weighted by molar-refractivity contribution is -0.145. The van der Waals surface area contributed by atoms with E-state index < -0.39 is 6.04 Å². The molecule has 0 unspecified atom stereocenters. The number of Topliss-reactive ketones (excluding diaryl/α,β-unsaturated/α-hetero) is 1. The molecule has 0 saturated carbocycles. The minimum absolute atomic E-state index is 0.0428. The van der Waals surface area contributed by atoms with Gasteiger partial charge in [-0.05, 0) is 37.6 Å². The first-order valence-electron chi connectivity index (χ1n) is 7.44. The van der Waals surface area contributed by atoms with E-state index >= 15 is 0 Å². The highest BCUT2D eigenvalue weighted by Crippen LogP contribution is 2.14. The highest BCUT2D eigenvalue weighted by molar-refractivity contribution is 5.94. The number of ether oxygens (including phenoxy) is 1. The zero-order valence-corrected chi connectivity index (χ0v) is 12.9. The zero-order valence-electron chi connectivity index (χ0n) is 12.9. The molecule has 1 fully saturated rings. The Morgan fingerprint density at radius 2 is 2.04 bits per heavy atom. The van der Waals surface area contributed by atoms with Crippen molar-refractivity contribution in [3.05, 3.63) is 29.8 Å². The third-order valence-corrected chi connectivity index (χ3v) is 3.68. The summed E-state index contributed by atoms with van der Waals surface area (Å²) in [6.07, 6.45) is 0.199. The number of rotatable bonds is 6. The second-order valence-electron chi connectivity index (χ2n) is 5.28. The van der Waals surface area contributed by atoms with Crippen LogP contribution in [0.3, 0.4) is 0 Å². The third-order valence-electron chi connectivity index (χ3n) is 3.68. The summed E-state index contributed by atoms with van der Waals surface area (Å²) in [6.45, 7) is 1.88. The fourth-order valence-corrected chi connectivity index (χ4v) is 2.44. The Hall–Kier alpha value is -2.41. The van der Waals surface area contributed by atoms with Gasteiger partial charge in [0.25, 0.3) is 5.91 Å². The van der Waals surface area contributed by atoms with Gasteiger partial charge in [-0.15, -0.1) is 0 Å². The van der Waals surface area contributed by atoms with Gasteiger partial charge in [-0.1, -0.05) is 0 Å². The van der Waals surface area contributed by atoms with Crippen LogP contribution in [-0.4, -0.2) is 59.9 Å². The number of amides is 2. The average Bonchev–Trinajstić information content (AvgIpc) is 2.55. The van der Waals surface area contributed by atoms with Gasteiger partial charge >= 0.3 is 0 Å². The standard InChI is InChI=1S/C16H20N2O5/c1-11(20)12-2-4-13(5-3-12)23-10-15(21)18-8-7-17-16(22)14(18)6-9-19/h2-5,14,19H,6-10H2,1H3,(H,17,22)/t14-/m0/s1. The van der Waals surface area contributed by atoms with Gasteiger partial charge in [0.2, 0.25) is 5.91 Å². The van der Waals surface area contributed by atoms with Crippen molar-refractivity contribution in [1.82, 2.24) is 10.2 Å². The van der Waals surface area contributed by atoms with E-state index in [1.165, 1.54) is 11.8 Å². The van der Waals surface area contributed by atoms with Crippen LogP contribution >= 0.6 is 0 Å². The second kappa shape index (κ2) is 7.73. The summed E-state index contributed by atoms with van der Waals surface area (Å²) in [5.41, 5.74) is 0.569. The van der Waals surface area contributed by atoms with E-state index in [0.717, 1.165) is 0 Å². The Morgan fingerprint density at radius 3 is 2.65 bits per heavy atom. The van der Waals surface area contributed by atoms with E-state index in [-0.39, 0.29) is 37.2 Å². The fourth-order valence-electron chi connectivity index (χ4n) is 2.44. The molecule has 1 atom stereocenters. The number of piperazine rings is 1. The highest BCUT2D eigenvalue weighted by Gasteiger charge is 2.32. The number of nitrogens with one attached hydrogen (secondary N) is 1. The predicted octanol–water partition coefficient (Wildman–Crippen LogP) is -0.0226. The van der Waals surface area contributed by atoms with Crippen LogP contribution in [0.15, 0.2) is 24.3 Å². The normalized spacial score (nSPS) is 17.6. The van der Waals surface area contributed by atoms with Crippen molar-refractivity contribution in [2.75, 3.05) is 26.3 Å². The quantitative estimate of drug-likeness (QED) is 0.718. The fraction of sp³-hybridized carbons (Fsp3) is 0.438. The van der Waals surface area contributed by atoms with Gasteiger partial charge in [-0.25, -0.2) is 0 Å². The van der Waals surface area contributed by atoms with Crippen LogP contribution in [-0.2, 0) is 9.59 Å². The van der Waals surface area contributed by atoms with E-state index in [1.54, 1.807) is 24.3 Å². The number of hydrogen-bond donors (Lipinski definition) is 2. The van der Waals surface area contributed by atoms with Crippen LogP contribution < -0.4 is 10.1 Å². The van der Waals surface area contributed by atoms with Crippen molar-refractivity contribution in [1.29, 1.82) is 0 Å². The molecule has 23 heavy (non-hydrogen) atoms. The number of ketones is 1. The Kier molecular flexibility index (Phi) is 5.70. The molecule has 0 spiro atoms. The second-order valence-corrected chi connectivity index (χ2v) is 5.28. The Bertz CT molecular complexity index is 585. The molecule has 7 nitrogen and oxygen atoms in total. The number of hydrogen-bond acceptors (Lipinski definition) is 5. The maximum absolute atomic E-state index is 12.3. The first-order chi connectivity index (χ1) is 11.0. The molecule has 124 valence electrons. The first kappa shape index (κ1) is 17.0. The number of carbonyl (C=O) groups excluding carboxylic acids is 3. The molecule has 1 heterocycles. The minimum Gasteiger partial charge on any atom is -0.484 e. The molecule has 1 aromatic rings. The zero-order chi connectivity index (χ0) is 16.8. The Morgan fingerprint density at radius 1 is 1.35 bits per heavy atom. The predicted molar refractivity (Wildman–Crippen MR) is 82.2 cm³/mol. The van der Waals surface area contributed by atoms with E-state index in [0.29, 0.717) is 24.4 Å². The maximum Gasteiger partial charge on any atom is 0.261 e. The molecule has 0 aliphatic carbocycles. The van der Waals surface area contributed by atoms with E-state index in [4.69, 9.17) is 9.84 Å². The van der Waals surface area contributed by atoms with E-state index in [9.17, 15) is 14.4 Å². The summed E-state index contributed by atoms with van der Waals surface area (Å²) < 4.78 is 5.42. The van der Waals surface area contributed by atoms with Crippen LogP contribution in [0.4, 0.5) is 0 Å². The molecule has 1 aromatic carbocycles. The largest absolute Gasteiger partial charge is 0.484 e. The van der Waals surface area contributed by atoms with Crippen molar-refractivity contribution in [2.45, 2.75) is 19.4 Å².